The summed E-state index contributed by atoms with van der Waals surface area (Å²) in [6.07, 6.45) is 2.87. The summed E-state index contributed by atoms with van der Waals surface area (Å²) in [5.74, 6) is 0.686. The monoisotopic (exact) mass is 246 g/mol. The third kappa shape index (κ3) is 3.57. The van der Waals surface area contributed by atoms with Crippen molar-refractivity contribution < 1.29 is 4.79 Å². The van der Waals surface area contributed by atoms with Crippen molar-refractivity contribution >= 4 is 11.6 Å². The zero-order chi connectivity index (χ0) is 13.0. The van der Waals surface area contributed by atoms with E-state index < -0.39 is 0 Å². The lowest BCUT2D eigenvalue weighted by atomic mass is 9.94. The van der Waals surface area contributed by atoms with Gasteiger partial charge in [-0.1, -0.05) is 17.7 Å². The molecule has 3 nitrogen and oxygen atoms in total. The summed E-state index contributed by atoms with van der Waals surface area (Å²) >= 11 is 0. The summed E-state index contributed by atoms with van der Waals surface area (Å²) in [7, 11) is 0. The molecule has 2 N–H and O–H groups in total. The summed E-state index contributed by atoms with van der Waals surface area (Å²) in [4.78, 5) is 12.0. The highest BCUT2D eigenvalue weighted by molar-refractivity contribution is 5.91. The van der Waals surface area contributed by atoms with Crippen molar-refractivity contribution in [2.24, 2.45) is 5.92 Å². The molecule has 1 amide bonds. The average molecular weight is 246 g/mol. The smallest absolute Gasteiger partial charge is 0.224 e. The molecule has 0 spiro atoms. The highest BCUT2D eigenvalue weighted by Crippen LogP contribution is 2.19. The van der Waals surface area contributed by atoms with E-state index in [0.29, 0.717) is 12.3 Å². The largest absolute Gasteiger partial charge is 0.326 e. The van der Waals surface area contributed by atoms with Crippen LogP contribution in [0.1, 0.15) is 30.4 Å². The molecule has 1 aromatic carbocycles. The van der Waals surface area contributed by atoms with Crippen LogP contribution in [0.15, 0.2) is 18.2 Å². The molecule has 2 rings (SSSR count). The second-order valence-electron chi connectivity index (χ2n) is 5.26. The zero-order valence-electron chi connectivity index (χ0n) is 11.3. The molecular weight excluding hydrogens is 224 g/mol. The van der Waals surface area contributed by atoms with Gasteiger partial charge in [-0.25, -0.2) is 0 Å². The molecule has 1 aromatic rings. The molecule has 0 bridgehead atoms. The zero-order valence-corrected chi connectivity index (χ0v) is 11.3. The number of aryl methyl sites for hydroxylation is 2. The lowest BCUT2D eigenvalue weighted by Crippen LogP contribution is -2.30. The van der Waals surface area contributed by atoms with Crippen LogP contribution in [0.5, 0.6) is 0 Å². The number of amides is 1. The van der Waals surface area contributed by atoms with Gasteiger partial charge >= 0.3 is 0 Å². The van der Waals surface area contributed by atoms with Gasteiger partial charge in [0.15, 0.2) is 0 Å². The Hall–Kier alpha value is -1.35. The normalized spacial score (nSPS) is 16.6. The fourth-order valence-electron chi connectivity index (χ4n) is 2.50. The Morgan fingerprint density at radius 1 is 1.33 bits per heavy atom. The molecule has 98 valence electrons. The van der Waals surface area contributed by atoms with Crippen molar-refractivity contribution in [2.75, 3.05) is 18.4 Å². The first-order valence-corrected chi connectivity index (χ1v) is 6.73. The number of benzene rings is 1. The van der Waals surface area contributed by atoms with Crippen molar-refractivity contribution in [1.29, 1.82) is 0 Å². The highest BCUT2D eigenvalue weighted by atomic mass is 16.1. The Balaban J connectivity index is 1.90. The Morgan fingerprint density at radius 3 is 2.72 bits per heavy atom. The van der Waals surface area contributed by atoms with Crippen molar-refractivity contribution in [3.8, 4) is 0 Å². The van der Waals surface area contributed by atoms with Crippen molar-refractivity contribution in [2.45, 2.75) is 33.1 Å². The summed E-state index contributed by atoms with van der Waals surface area (Å²) in [6, 6.07) is 6.12. The predicted octanol–water partition coefficient (Wildman–Crippen LogP) is 2.63. The van der Waals surface area contributed by atoms with Gasteiger partial charge in [-0.05, 0) is 57.3 Å². The van der Waals surface area contributed by atoms with E-state index in [0.717, 1.165) is 37.2 Å². The van der Waals surface area contributed by atoms with Gasteiger partial charge in [0.25, 0.3) is 0 Å². The first-order chi connectivity index (χ1) is 8.65. The molecule has 3 heteroatoms. The van der Waals surface area contributed by atoms with Crippen molar-refractivity contribution in [3.63, 3.8) is 0 Å². The maximum Gasteiger partial charge on any atom is 0.224 e. The first-order valence-electron chi connectivity index (χ1n) is 6.73. The van der Waals surface area contributed by atoms with Gasteiger partial charge in [0.1, 0.15) is 0 Å². The van der Waals surface area contributed by atoms with E-state index in [1.807, 2.05) is 19.1 Å². The molecule has 1 saturated heterocycles. The quantitative estimate of drug-likeness (QED) is 0.861. The lowest BCUT2D eigenvalue weighted by Gasteiger charge is -2.22. The molecule has 18 heavy (non-hydrogen) atoms. The fraction of sp³-hybridized carbons (Fsp3) is 0.533. The van der Waals surface area contributed by atoms with Crippen LogP contribution in [0, 0.1) is 19.8 Å². The van der Waals surface area contributed by atoms with Crippen LogP contribution in [0.3, 0.4) is 0 Å². The van der Waals surface area contributed by atoms with E-state index in [2.05, 4.69) is 23.6 Å². The number of hydrogen-bond donors (Lipinski definition) is 2. The summed E-state index contributed by atoms with van der Waals surface area (Å²) < 4.78 is 0. The Bertz CT molecular complexity index is 423. The summed E-state index contributed by atoms with van der Waals surface area (Å²) in [5, 5.41) is 6.35. The second-order valence-corrected chi connectivity index (χ2v) is 5.26. The molecule has 0 atom stereocenters. The molecule has 0 aliphatic carbocycles. The number of carbonyl (C=O) groups is 1. The minimum atomic E-state index is 0.147. The van der Waals surface area contributed by atoms with Crippen molar-refractivity contribution in [3.05, 3.63) is 29.3 Å². The number of carbonyl (C=O) groups excluding carboxylic acids is 1. The van der Waals surface area contributed by atoms with Crippen molar-refractivity contribution in [1.82, 2.24) is 5.32 Å². The number of nitrogens with one attached hydrogen (secondary N) is 2. The molecular formula is C15H22N2O. The topological polar surface area (TPSA) is 41.1 Å². The number of hydrogen-bond acceptors (Lipinski definition) is 2. The maximum absolute atomic E-state index is 12.0. The van der Waals surface area contributed by atoms with Gasteiger partial charge < -0.3 is 10.6 Å². The van der Waals surface area contributed by atoms with E-state index in [-0.39, 0.29) is 5.91 Å². The van der Waals surface area contributed by atoms with E-state index in [4.69, 9.17) is 0 Å². The van der Waals surface area contributed by atoms with Crippen LogP contribution < -0.4 is 10.6 Å². The Labute approximate surface area is 109 Å². The molecule has 1 aliphatic rings. The van der Waals surface area contributed by atoms with Gasteiger partial charge in [-0.3, -0.25) is 4.79 Å². The third-order valence-corrected chi connectivity index (χ3v) is 3.59. The van der Waals surface area contributed by atoms with E-state index >= 15 is 0 Å². The van der Waals surface area contributed by atoms with Gasteiger partial charge in [0, 0.05) is 12.1 Å². The second kappa shape index (κ2) is 6.01. The Morgan fingerprint density at radius 2 is 2.06 bits per heavy atom. The predicted molar refractivity (Wildman–Crippen MR) is 74.8 cm³/mol. The Kier molecular flexibility index (Phi) is 4.37. The summed E-state index contributed by atoms with van der Waals surface area (Å²) in [5.41, 5.74) is 3.30. The first kappa shape index (κ1) is 13.1. The molecule has 1 fully saturated rings. The maximum atomic E-state index is 12.0. The van der Waals surface area contributed by atoms with Gasteiger partial charge in [0.2, 0.25) is 5.91 Å². The average Bonchev–Trinajstić information content (AvgIpc) is 2.34. The lowest BCUT2D eigenvalue weighted by molar-refractivity contribution is -0.117. The molecule has 0 aromatic heterocycles. The SMILES string of the molecule is Cc1ccc(NC(=O)CC2CCNCC2)c(C)c1. The third-order valence-electron chi connectivity index (χ3n) is 3.59. The molecule has 0 radical (unpaired) electrons. The minimum Gasteiger partial charge on any atom is -0.326 e. The molecule has 0 saturated carbocycles. The van der Waals surface area contributed by atoms with Crippen LogP contribution in [0.25, 0.3) is 0 Å². The molecule has 0 unspecified atom stereocenters. The number of rotatable bonds is 3. The molecule has 1 heterocycles. The van der Waals surface area contributed by atoms with Gasteiger partial charge in [0.05, 0.1) is 0 Å². The standard InChI is InChI=1S/C15H22N2O/c1-11-3-4-14(12(2)9-11)17-15(18)10-13-5-7-16-8-6-13/h3-4,9,13,16H,5-8,10H2,1-2H3,(H,17,18). The van der Waals surface area contributed by atoms with Crippen LogP contribution >= 0.6 is 0 Å². The van der Waals surface area contributed by atoms with Crippen LogP contribution in [0.4, 0.5) is 5.69 Å². The van der Waals surface area contributed by atoms with Gasteiger partial charge in [-0.2, -0.15) is 0 Å². The minimum absolute atomic E-state index is 0.147. The fourth-order valence-corrected chi connectivity index (χ4v) is 2.50. The summed E-state index contributed by atoms with van der Waals surface area (Å²) in [6.45, 7) is 6.18. The highest BCUT2D eigenvalue weighted by Gasteiger charge is 2.17. The molecule has 1 aliphatic heterocycles. The van der Waals surface area contributed by atoms with E-state index in [1.165, 1.54) is 5.56 Å². The van der Waals surface area contributed by atoms with Crippen LogP contribution in [-0.4, -0.2) is 19.0 Å². The van der Waals surface area contributed by atoms with Crippen LogP contribution in [0.2, 0.25) is 0 Å². The van der Waals surface area contributed by atoms with Crippen LogP contribution in [-0.2, 0) is 4.79 Å². The number of anilines is 1. The van der Waals surface area contributed by atoms with Gasteiger partial charge in [-0.15, -0.1) is 0 Å². The number of piperidine rings is 1. The van der Waals surface area contributed by atoms with E-state index in [9.17, 15) is 4.79 Å². The van der Waals surface area contributed by atoms with E-state index in [1.54, 1.807) is 0 Å².